The fourth-order valence-electron chi connectivity index (χ4n) is 2.16. The van der Waals surface area contributed by atoms with E-state index in [0.29, 0.717) is 5.15 Å². The molecule has 88 valence electrons. The summed E-state index contributed by atoms with van der Waals surface area (Å²) in [5, 5.41) is 0.577. The Balaban J connectivity index is 2.08. The summed E-state index contributed by atoms with van der Waals surface area (Å²) in [6.07, 6.45) is 0. The van der Waals surface area contributed by atoms with Gasteiger partial charge in [-0.15, -0.1) is 0 Å². The van der Waals surface area contributed by atoms with Crippen molar-refractivity contribution in [3.8, 4) is 0 Å². The number of piperazine rings is 1. The van der Waals surface area contributed by atoms with Crippen molar-refractivity contribution >= 4 is 17.3 Å². The van der Waals surface area contributed by atoms with E-state index in [4.69, 9.17) is 11.6 Å². The number of aromatic nitrogens is 1. The number of likely N-dealkylation sites (N-methyl/N-ethyl adjacent to an activating group) is 1. The molecule has 1 saturated heterocycles. The maximum atomic E-state index is 5.86. The van der Waals surface area contributed by atoms with Crippen LogP contribution in [0.25, 0.3) is 0 Å². The molecule has 0 unspecified atom stereocenters. The van der Waals surface area contributed by atoms with Gasteiger partial charge in [-0.2, -0.15) is 0 Å². The molecule has 4 heteroatoms. The van der Waals surface area contributed by atoms with Gasteiger partial charge in [0.2, 0.25) is 0 Å². The number of anilines is 1. The van der Waals surface area contributed by atoms with Crippen molar-refractivity contribution in [3.63, 3.8) is 0 Å². The minimum atomic E-state index is 0.577. The summed E-state index contributed by atoms with van der Waals surface area (Å²) in [6, 6.07) is 3.95. The number of hydrogen-bond donors (Lipinski definition) is 0. The molecular formula is C12H18ClN3. The van der Waals surface area contributed by atoms with Crippen molar-refractivity contribution in [2.75, 3.05) is 37.6 Å². The molecule has 3 nitrogen and oxygen atoms in total. The molecule has 16 heavy (non-hydrogen) atoms. The second-order valence-electron chi connectivity index (χ2n) is 4.16. The topological polar surface area (TPSA) is 19.4 Å². The van der Waals surface area contributed by atoms with E-state index in [2.05, 4.69) is 27.8 Å². The molecule has 1 fully saturated rings. The van der Waals surface area contributed by atoms with Crippen molar-refractivity contribution in [3.05, 3.63) is 23.0 Å². The van der Waals surface area contributed by atoms with Crippen LogP contribution in [0, 0.1) is 6.92 Å². The molecule has 0 bridgehead atoms. The highest BCUT2D eigenvalue weighted by atomic mass is 35.5. The number of pyridine rings is 1. The van der Waals surface area contributed by atoms with Gasteiger partial charge in [-0.25, -0.2) is 4.98 Å². The highest BCUT2D eigenvalue weighted by molar-refractivity contribution is 6.29. The molecule has 2 heterocycles. The van der Waals surface area contributed by atoms with E-state index in [1.54, 1.807) is 0 Å². The molecular weight excluding hydrogens is 222 g/mol. The van der Waals surface area contributed by atoms with E-state index >= 15 is 0 Å². The molecule has 1 aliphatic rings. The first-order valence-corrected chi connectivity index (χ1v) is 6.19. The zero-order valence-corrected chi connectivity index (χ0v) is 10.7. The largest absolute Gasteiger partial charge is 0.368 e. The van der Waals surface area contributed by atoms with Crippen LogP contribution in [0.1, 0.15) is 12.6 Å². The van der Waals surface area contributed by atoms with Gasteiger partial charge in [0.15, 0.2) is 0 Å². The van der Waals surface area contributed by atoms with E-state index in [9.17, 15) is 0 Å². The van der Waals surface area contributed by atoms with Crippen LogP contribution in [0.2, 0.25) is 5.15 Å². The first-order chi connectivity index (χ1) is 7.70. The average Bonchev–Trinajstić information content (AvgIpc) is 2.29. The monoisotopic (exact) mass is 239 g/mol. The number of aryl methyl sites for hydroxylation is 1. The van der Waals surface area contributed by atoms with Gasteiger partial charge in [-0.1, -0.05) is 18.5 Å². The molecule has 0 N–H and O–H groups in total. The van der Waals surface area contributed by atoms with E-state index in [0.717, 1.165) is 38.4 Å². The third-order valence-corrected chi connectivity index (χ3v) is 3.39. The summed E-state index contributed by atoms with van der Waals surface area (Å²) in [4.78, 5) is 9.16. The lowest BCUT2D eigenvalue weighted by Gasteiger charge is -2.36. The fourth-order valence-corrected chi connectivity index (χ4v) is 2.35. The Morgan fingerprint density at radius 2 is 1.94 bits per heavy atom. The van der Waals surface area contributed by atoms with Crippen LogP contribution in [0.3, 0.4) is 0 Å². The van der Waals surface area contributed by atoms with Gasteiger partial charge in [-0.05, 0) is 25.6 Å². The zero-order valence-electron chi connectivity index (χ0n) is 9.91. The smallest absolute Gasteiger partial charge is 0.129 e. The second kappa shape index (κ2) is 5.02. The summed E-state index contributed by atoms with van der Waals surface area (Å²) in [6.45, 7) is 9.82. The van der Waals surface area contributed by atoms with Gasteiger partial charge in [0.25, 0.3) is 0 Å². The predicted molar refractivity (Wildman–Crippen MR) is 68.3 cm³/mol. The highest BCUT2D eigenvalue weighted by Gasteiger charge is 2.17. The molecule has 1 aliphatic heterocycles. The van der Waals surface area contributed by atoms with E-state index in [1.807, 2.05) is 13.0 Å². The molecule has 1 aromatic rings. The van der Waals surface area contributed by atoms with Gasteiger partial charge >= 0.3 is 0 Å². The summed E-state index contributed by atoms with van der Waals surface area (Å²) in [5.74, 6) is 0. The SMILES string of the molecule is CCN1CCN(c2ccc(Cl)nc2C)CC1. The lowest BCUT2D eigenvalue weighted by atomic mass is 10.2. The highest BCUT2D eigenvalue weighted by Crippen LogP contribution is 2.21. The molecule has 0 amide bonds. The molecule has 0 saturated carbocycles. The Morgan fingerprint density at radius 3 is 2.50 bits per heavy atom. The Labute approximate surface area is 102 Å². The molecule has 0 radical (unpaired) electrons. The van der Waals surface area contributed by atoms with Crippen molar-refractivity contribution in [2.24, 2.45) is 0 Å². The lowest BCUT2D eigenvalue weighted by Crippen LogP contribution is -2.46. The summed E-state index contributed by atoms with van der Waals surface area (Å²) in [7, 11) is 0. The van der Waals surface area contributed by atoms with Crippen LogP contribution >= 0.6 is 11.6 Å². The van der Waals surface area contributed by atoms with Crippen molar-refractivity contribution in [1.82, 2.24) is 9.88 Å². The maximum absolute atomic E-state index is 5.86. The van der Waals surface area contributed by atoms with Crippen molar-refractivity contribution < 1.29 is 0 Å². The van der Waals surface area contributed by atoms with Gasteiger partial charge in [0.1, 0.15) is 5.15 Å². The van der Waals surface area contributed by atoms with Crippen LogP contribution in [-0.4, -0.2) is 42.6 Å². The van der Waals surface area contributed by atoms with Gasteiger partial charge in [0.05, 0.1) is 11.4 Å². The predicted octanol–water partition coefficient (Wildman–Crippen LogP) is 2.19. The molecule has 0 atom stereocenters. The van der Waals surface area contributed by atoms with E-state index < -0.39 is 0 Å². The Kier molecular flexibility index (Phi) is 3.66. The van der Waals surface area contributed by atoms with E-state index in [-0.39, 0.29) is 0 Å². The Morgan fingerprint density at radius 1 is 1.25 bits per heavy atom. The third kappa shape index (κ3) is 2.47. The zero-order chi connectivity index (χ0) is 11.5. The van der Waals surface area contributed by atoms with E-state index in [1.165, 1.54) is 5.69 Å². The Bertz CT molecular complexity index is 359. The normalized spacial score (nSPS) is 17.8. The van der Waals surface area contributed by atoms with Crippen molar-refractivity contribution in [1.29, 1.82) is 0 Å². The quantitative estimate of drug-likeness (QED) is 0.738. The van der Waals surface area contributed by atoms with Crippen LogP contribution in [0.4, 0.5) is 5.69 Å². The van der Waals surface area contributed by atoms with Gasteiger partial charge in [0, 0.05) is 26.2 Å². The number of rotatable bonds is 2. The minimum absolute atomic E-state index is 0.577. The molecule has 0 aliphatic carbocycles. The minimum Gasteiger partial charge on any atom is -0.368 e. The lowest BCUT2D eigenvalue weighted by molar-refractivity contribution is 0.271. The summed E-state index contributed by atoms with van der Waals surface area (Å²) >= 11 is 5.86. The summed E-state index contributed by atoms with van der Waals surface area (Å²) < 4.78 is 0. The number of hydrogen-bond acceptors (Lipinski definition) is 3. The summed E-state index contributed by atoms with van der Waals surface area (Å²) in [5.41, 5.74) is 2.25. The van der Waals surface area contributed by atoms with Crippen molar-refractivity contribution in [2.45, 2.75) is 13.8 Å². The Hall–Kier alpha value is -0.800. The van der Waals surface area contributed by atoms with Crippen LogP contribution in [-0.2, 0) is 0 Å². The van der Waals surface area contributed by atoms with Gasteiger partial charge < -0.3 is 9.80 Å². The second-order valence-corrected chi connectivity index (χ2v) is 4.55. The molecule has 0 aromatic carbocycles. The van der Waals surface area contributed by atoms with Crippen LogP contribution < -0.4 is 4.90 Å². The fraction of sp³-hybridized carbons (Fsp3) is 0.583. The third-order valence-electron chi connectivity index (χ3n) is 3.18. The first-order valence-electron chi connectivity index (χ1n) is 5.81. The van der Waals surface area contributed by atoms with Gasteiger partial charge in [-0.3, -0.25) is 0 Å². The van der Waals surface area contributed by atoms with Crippen LogP contribution in [0.5, 0.6) is 0 Å². The first kappa shape index (κ1) is 11.7. The number of nitrogens with zero attached hydrogens (tertiary/aromatic N) is 3. The van der Waals surface area contributed by atoms with Crippen LogP contribution in [0.15, 0.2) is 12.1 Å². The average molecular weight is 240 g/mol. The molecule has 2 rings (SSSR count). The number of halogens is 1. The molecule has 1 aromatic heterocycles. The standard InChI is InChI=1S/C12H18ClN3/c1-3-15-6-8-16(9-7-15)11-4-5-12(13)14-10(11)2/h4-5H,3,6-9H2,1-2H3. The molecule has 0 spiro atoms. The maximum Gasteiger partial charge on any atom is 0.129 e.